The van der Waals surface area contributed by atoms with Gasteiger partial charge in [0.05, 0.1) is 5.60 Å². The molecule has 1 saturated carbocycles. The number of nitrogens with two attached hydrogens (primary N) is 1. The maximum atomic E-state index is 11.6. The zero-order chi connectivity index (χ0) is 11.5. The molecule has 15 heavy (non-hydrogen) atoms. The van der Waals surface area contributed by atoms with Gasteiger partial charge in [-0.2, -0.15) is 0 Å². The number of carbonyl (C=O) groups excluding carboxylic acids is 1. The van der Waals surface area contributed by atoms with E-state index in [9.17, 15) is 9.90 Å². The van der Waals surface area contributed by atoms with Gasteiger partial charge in [-0.05, 0) is 38.6 Å². The van der Waals surface area contributed by atoms with Crippen molar-refractivity contribution in [1.82, 2.24) is 5.32 Å². The van der Waals surface area contributed by atoms with Crippen LogP contribution in [0.15, 0.2) is 0 Å². The Morgan fingerprint density at radius 2 is 2.13 bits per heavy atom. The van der Waals surface area contributed by atoms with E-state index in [4.69, 9.17) is 5.73 Å². The van der Waals surface area contributed by atoms with Gasteiger partial charge in [0.1, 0.15) is 0 Å². The molecule has 0 bridgehead atoms. The lowest BCUT2D eigenvalue weighted by Gasteiger charge is -2.40. The third-order valence-corrected chi connectivity index (χ3v) is 3.10. The van der Waals surface area contributed by atoms with Crippen LogP contribution in [0, 0.1) is 5.41 Å². The molecule has 0 radical (unpaired) electrons. The van der Waals surface area contributed by atoms with Crippen LogP contribution in [0.4, 0.5) is 0 Å². The van der Waals surface area contributed by atoms with Crippen LogP contribution in [0.2, 0.25) is 0 Å². The average Bonchev–Trinajstić information content (AvgIpc) is 2.07. The summed E-state index contributed by atoms with van der Waals surface area (Å²) in [6, 6.07) is 0. The molecule has 0 spiro atoms. The fourth-order valence-corrected chi connectivity index (χ4v) is 1.85. The molecular formula is C11H22N2O2. The highest BCUT2D eigenvalue weighted by molar-refractivity contribution is 5.76. The van der Waals surface area contributed by atoms with E-state index in [0.717, 1.165) is 12.8 Å². The molecule has 88 valence electrons. The molecule has 0 atom stereocenters. The average molecular weight is 214 g/mol. The van der Waals surface area contributed by atoms with Crippen molar-refractivity contribution in [3.05, 3.63) is 0 Å². The van der Waals surface area contributed by atoms with E-state index < -0.39 is 5.60 Å². The standard InChI is InChI=1S/C11H22N2O2/c1-10(2,15)8-13-9(14)6-11(7-12)4-3-5-11/h15H,3-8,12H2,1-2H3,(H,13,14). The molecule has 4 nitrogen and oxygen atoms in total. The quantitative estimate of drug-likeness (QED) is 0.620. The summed E-state index contributed by atoms with van der Waals surface area (Å²) >= 11 is 0. The third kappa shape index (κ3) is 3.80. The van der Waals surface area contributed by atoms with Gasteiger partial charge >= 0.3 is 0 Å². The molecule has 0 aromatic carbocycles. The van der Waals surface area contributed by atoms with Crippen molar-refractivity contribution in [3.8, 4) is 0 Å². The maximum absolute atomic E-state index is 11.6. The fraction of sp³-hybridized carbons (Fsp3) is 0.909. The van der Waals surface area contributed by atoms with E-state index in [1.165, 1.54) is 6.42 Å². The zero-order valence-electron chi connectivity index (χ0n) is 9.68. The molecule has 1 aliphatic rings. The van der Waals surface area contributed by atoms with Crippen molar-refractivity contribution in [2.45, 2.75) is 45.1 Å². The Kier molecular flexibility index (Phi) is 3.73. The van der Waals surface area contributed by atoms with E-state index in [1.807, 2.05) is 0 Å². The van der Waals surface area contributed by atoms with E-state index in [1.54, 1.807) is 13.8 Å². The third-order valence-electron chi connectivity index (χ3n) is 3.10. The number of amides is 1. The minimum Gasteiger partial charge on any atom is -0.389 e. The van der Waals surface area contributed by atoms with Gasteiger partial charge in [-0.25, -0.2) is 0 Å². The lowest BCUT2D eigenvalue weighted by molar-refractivity contribution is -0.125. The van der Waals surface area contributed by atoms with Crippen molar-refractivity contribution in [2.24, 2.45) is 11.1 Å². The summed E-state index contributed by atoms with van der Waals surface area (Å²) < 4.78 is 0. The van der Waals surface area contributed by atoms with Crippen molar-refractivity contribution >= 4 is 5.91 Å². The molecule has 1 rings (SSSR count). The van der Waals surface area contributed by atoms with E-state index in [2.05, 4.69) is 5.32 Å². The summed E-state index contributed by atoms with van der Waals surface area (Å²) in [5, 5.41) is 12.2. The molecule has 1 aliphatic carbocycles. The first-order valence-electron chi connectivity index (χ1n) is 5.56. The lowest BCUT2D eigenvalue weighted by Crippen LogP contribution is -2.44. The van der Waals surface area contributed by atoms with Crippen LogP contribution in [0.3, 0.4) is 0 Å². The summed E-state index contributed by atoms with van der Waals surface area (Å²) in [5.74, 6) is 0.00211. The van der Waals surface area contributed by atoms with Gasteiger partial charge in [0.15, 0.2) is 0 Å². The Balaban J connectivity index is 2.29. The molecule has 0 unspecified atom stereocenters. The second kappa shape index (κ2) is 4.49. The van der Waals surface area contributed by atoms with Crippen LogP contribution in [0.25, 0.3) is 0 Å². The summed E-state index contributed by atoms with van der Waals surface area (Å²) in [5.41, 5.74) is 4.87. The highest BCUT2D eigenvalue weighted by Gasteiger charge is 2.37. The predicted octanol–water partition coefficient (Wildman–Crippen LogP) is 0.393. The van der Waals surface area contributed by atoms with Crippen molar-refractivity contribution < 1.29 is 9.90 Å². The summed E-state index contributed by atoms with van der Waals surface area (Å²) in [7, 11) is 0. The summed E-state index contributed by atoms with van der Waals surface area (Å²) in [6.45, 7) is 4.24. The Morgan fingerprint density at radius 1 is 1.53 bits per heavy atom. The number of nitrogens with one attached hydrogen (secondary N) is 1. The lowest BCUT2D eigenvalue weighted by atomic mass is 9.66. The SMILES string of the molecule is CC(C)(O)CNC(=O)CC1(CN)CCC1. The van der Waals surface area contributed by atoms with Crippen LogP contribution in [0.5, 0.6) is 0 Å². The van der Waals surface area contributed by atoms with Gasteiger partial charge < -0.3 is 16.2 Å². The van der Waals surface area contributed by atoms with Crippen molar-refractivity contribution in [2.75, 3.05) is 13.1 Å². The minimum absolute atomic E-state index is 0.00211. The first-order valence-corrected chi connectivity index (χ1v) is 5.56. The molecule has 0 heterocycles. The fourth-order valence-electron chi connectivity index (χ4n) is 1.85. The Morgan fingerprint density at radius 3 is 2.47 bits per heavy atom. The van der Waals surface area contributed by atoms with Crippen LogP contribution in [0.1, 0.15) is 39.5 Å². The molecule has 0 aliphatic heterocycles. The smallest absolute Gasteiger partial charge is 0.220 e. The maximum Gasteiger partial charge on any atom is 0.220 e. The van der Waals surface area contributed by atoms with E-state index in [0.29, 0.717) is 19.5 Å². The molecule has 4 heteroatoms. The molecule has 1 amide bonds. The van der Waals surface area contributed by atoms with Crippen LogP contribution >= 0.6 is 0 Å². The second-order valence-electron chi connectivity index (χ2n) is 5.32. The number of rotatable bonds is 5. The number of carbonyl (C=O) groups is 1. The van der Waals surface area contributed by atoms with Gasteiger partial charge in [0.2, 0.25) is 5.91 Å². The van der Waals surface area contributed by atoms with Crippen molar-refractivity contribution in [3.63, 3.8) is 0 Å². The van der Waals surface area contributed by atoms with Gasteiger partial charge in [0.25, 0.3) is 0 Å². The minimum atomic E-state index is -0.842. The molecular weight excluding hydrogens is 192 g/mol. The highest BCUT2D eigenvalue weighted by Crippen LogP contribution is 2.42. The Labute approximate surface area is 91.2 Å². The largest absolute Gasteiger partial charge is 0.389 e. The molecule has 0 aromatic heterocycles. The Hall–Kier alpha value is -0.610. The van der Waals surface area contributed by atoms with E-state index in [-0.39, 0.29) is 11.3 Å². The summed E-state index contributed by atoms with van der Waals surface area (Å²) in [6.07, 6.45) is 3.79. The molecule has 0 saturated heterocycles. The number of aliphatic hydroxyl groups is 1. The van der Waals surface area contributed by atoms with Gasteiger partial charge in [0, 0.05) is 13.0 Å². The van der Waals surface area contributed by atoms with E-state index >= 15 is 0 Å². The highest BCUT2D eigenvalue weighted by atomic mass is 16.3. The molecule has 0 aromatic rings. The summed E-state index contributed by atoms with van der Waals surface area (Å²) in [4.78, 5) is 11.6. The van der Waals surface area contributed by atoms with Gasteiger partial charge in [-0.15, -0.1) is 0 Å². The Bertz CT molecular complexity index is 224. The second-order valence-corrected chi connectivity index (χ2v) is 5.32. The first kappa shape index (κ1) is 12.5. The predicted molar refractivity (Wildman–Crippen MR) is 59.3 cm³/mol. The van der Waals surface area contributed by atoms with Crippen LogP contribution < -0.4 is 11.1 Å². The normalized spacial score (nSPS) is 19.5. The van der Waals surface area contributed by atoms with Gasteiger partial charge in [-0.1, -0.05) is 6.42 Å². The topological polar surface area (TPSA) is 75.3 Å². The van der Waals surface area contributed by atoms with Crippen LogP contribution in [-0.2, 0) is 4.79 Å². The van der Waals surface area contributed by atoms with Gasteiger partial charge in [-0.3, -0.25) is 4.79 Å². The van der Waals surface area contributed by atoms with Crippen molar-refractivity contribution in [1.29, 1.82) is 0 Å². The number of hydrogen-bond donors (Lipinski definition) is 3. The zero-order valence-corrected chi connectivity index (χ0v) is 9.68. The van der Waals surface area contributed by atoms with Crippen LogP contribution in [-0.4, -0.2) is 29.7 Å². The molecule has 1 fully saturated rings. The molecule has 4 N–H and O–H groups in total. The number of hydrogen-bond acceptors (Lipinski definition) is 3. The monoisotopic (exact) mass is 214 g/mol. The first-order chi connectivity index (χ1) is 6.87.